The maximum atomic E-state index is 12.7. The van der Waals surface area contributed by atoms with Gasteiger partial charge < -0.3 is 18.9 Å². The first kappa shape index (κ1) is 19.7. The van der Waals surface area contributed by atoms with Gasteiger partial charge in [-0.25, -0.2) is 0 Å². The highest BCUT2D eigenvalue weighted by atomic mass is 16.5. The first-order chi connectivity index (χ1) is 15.2. The molecule has 5 rings (SSSR count). The molecule has 4 heterocycles. The van der Waals surface area contributed by atoms with Gasteiger partial charge in [-0.1, -0.05) is 17.3 Å². The van der Waals surface area contributed by atoms with E-state index in [0.29, 0.717) is 30.4 Å². The fourth-order valence-electron chi connectivity index (χ4n) is 4.15. The second-order valence-corrected chi connectivity index (χ2v) is 7.96. The van der Waals surface area contributed by atoms with Crippen molar-refractivity contribution in [2.75, 3.05) is 26.3 Å². The van der Waals surface area contributed by atoms with Crippen LogP contribution in [0.5, 0.6) is 5.75 Å². The van der Waals surface area contributed by atoms with Gasteiger partial charge >= 0.3 is 0 Å². The molecule has 31 heavy (non-hydrogen) atoms. The van der Waals surface area contributed by atoms with Gasteiger partial charge in [0.2, 0.25) is 0 Å². The highest BCUT2D eigenvalue weighted by molar-refractivity contribution is 5.92. The van der Waals surface area contributed by atoms with E-state index in [1.165, 1.54) is 0 Å². The lowest BCUT2D eigenvalue weighted by molar-refractivity contribution is 0.0761. The Labute approximate surface area is 179 Å². The number of rotatable bonds is 5. The molecule has 2 fully saturated rings. The van der Waals surface area contributed by atoms with Crippen molar-refractivity contribution in [3.8, 4) is 17.2 Å². The van der Waals surface area contributed by atoms with Gasteiger partial charge in [-0.15, -0.1) is 0 Å². The summed E-state index contributed by atoms with van der Waals surface area (Å²) in [6.07, 6.45) is 4.09. The maximum absolute atomic E-state index is 12.7. The predicted molar refractivity (Wildman–Crippen MR) is 111 cm³/mol. The molecule has 2 aliphatic heterocycles. The number of amides is 1. The number of carbonyl (C=O) groups excluding carboxylic acids is 1. The van der Waals surface area contributed by atoms with Crippen LogP contribution in [0, 0.1) is 0 Å². The van der Waals surface area contributed by atoms with E-state index in [4.69, 9.17) is 14.0 Å². The van der Waals surface area contributed by atoms with Crippen molar-refractivity contribution in [2.24, 2.45) is 7.05 Å². The standard InChI is InChI=1S/C22H25N5O4/c1-26-18(6-10-23-26)22(28)27-11-7-16(14-27)30-19-5-3-2-4-17(19)21-24-20(25-31-21)15-8-12-29-13-9-15/h2-6,10,15-16H,7-9,11-14H2,1H3. The molecule has 9 nitrogen and oxygen atoms in total. The number of benzene rings is 1. The van der Waals surface area contributed by atoms with E-state index >= 15 is 0 Å². The lowest BCUT2D eigenvalue weighted by Gasteiger charge is -2.18. The van der Waals surface area contributed by atoms with E-state index in [1.807, 2.05) is 24.3 Å². The van der Waals surface area contributed by atoms with E-state index in [1.54, 1.807) is 28.9 Å². The number of aromatic nitrogens is 4. The molecule has 0 radical (unpaired) electrons. The first-order valence-corrected chi connectivity index (χ1v) is 10.6. The molecular weight excluding hydrogens is 398 g/mol. The van der Waals surface area contributed by atoms with Gasteiger partial charge in [0.25, 0.3) is 11.8 Å². The van der Waals surface area contributed by atoms with Crippen LogP contribution in [0.25, 0.3) is 11.5 Å². The van der Waals surface area contributed by atoms with Crippen LogP contribution in [0.3, 0.4) is 0 Å². The van der Waals surface area contributed by atoms with Gasteiger partial charge in [-0.05, 0) is 31.0 Å². The molecule has 1 amide bonds. The smallest absolute Gasteiger partial charge is 0.272 e. The maximum Gasteiger partial charge on any atom is 0.272 e. The second-order valence-electron chi connectivity index (χ2n) is 7.96. The van der Waals surface area contributed by atoms with E-state index < -0.39 is 0 Å². The molecule has 3 aromatic rings. The van der Waals surface area contributed by atoms with Crippen LogP contribution in [0.15, 0.2) is 41.1 Å². The number of para-hydroxylation sites is 1. The van der Waals surface area contributed by atoms with Crippen LogP contribution < -0.4 is 4.74 Å². The predicted octanol–water partition coefficient (Wildman–Crippen LogP) is 2.66. The van der Waals surface area contributed by atoms with Crippen molar-refractivity contribution < 1.29 is 18.8 Å². The minimum atomic E-state index is -0.101. The van der Waals surface area contributed by atoms with Gasteiger partial charge in [-0.3, -0.25) is 9.48 Å². The Hall–Kier alpha value is -3.20. The third kappa shape index (κ3) is 4.05. The van der Waals surface area contributed by atoms with Gasteiger partial charge in [0.15, 0.2) is 5.82 Å². The summed E-state index contributed by atoms with van der Waals surface area (Å²) in [6.45, 7) is 2.62. The SMILES string of the molecule is Cn1nccc1C(=O)N1CCC(Oc2ccccc2-c2nc(C3CCOCC3)no2)C1. The Morgan fingerprint density at radius 1 is 1.16 bits per heavy atom. The molecular formula is C22H25N5O4. The number of likely N-dealkylation sites (tertiary alicyclic amines) is 1. The number of aryl methyl sites for hydroxylation is 1. The van der Waals surface area contributed by atoms with Crippen molar-refractivity contribution in [3.05, 3.63) is 48.0 Å². The van der Waals surface area contributed by atoms with Crippen LogP contribution in [0.1, 0.15) is 41.5 Å². The third-order valence-corrected chi connectivity index (χ3v) is 5.91. The topological polar surface area (TPSA) is 95.5 Å². The molecule has 2 saturated heterocycles. The number of nitrogens with zero attached hydrogens (tertiary/aromatic N) is 5. The lowest BCUT2D eigenvalue weighted by Crippen LogP contribution is -2.32. The fourth-order valence-corrected chi connectivity index (χ4v) is 4.15. The number of hydrogen-bond acceptors (Lipinski definition) is 7. The largest absolute Gasteiger partial charge is 0.488 e. The number of carbonyl (C=O) groups is 1. The van der Waals surface area contributed by atoms with E-state index in [-0.39, 0.29) is 17.9 Å². The molecule has 2 aromatic heterocycles. The molecule has 0 bridgehead atoms. The summed E-state index contributed by atoms with van der Waals surface area (Å²) in [4.78, 5) is 19.2. The third-order valence-electron chi connectivity index (χ3n) is 5.91. The van der Waals surface area contributed by atoms with Crippen LogP contribution in [0.2, 0.25) is 0 Å². The molecule has 1 aromatic carbocycles. The average molecular weight is 423 g/mol. The zero-order chi connectivity index (χ0) is 21.2. The van der Waals surface area contributed by atoms with Crippen LogP contribution >= 0.6 is 0 Å². The average Bonchev–Trinajstić information content (AvgIpc) is 3.55. The minimum absolute atomic E-state index is 0.0302. The summed E-state index contributed by atoms with van der Waals surface area (Å²) in [5.74, 6) is 2.10. The quantitative estimate of drug-likeness (QED) is 0.622. The molecule has 1 atom stereocenters. The van der Waals surface area contributed by atoms with Gasteiger partial charge in [0, 0.05) is 45.3 Å². The Kier molecular flexibility index (Phi) is 5.42. The van der Waals surface area contributed by atoms with Crippen molar-refractivity contribution in [2.45, 2.75) is 31.3 Å². The van der Waals surface area contributed by atoms with E-state index in [2.05, 4.69) is 15.2 Å². The Morgan fingerprint density at radius 3 is 2.81 bits per heavy atom. The monoisotopic (exact) mass is 423 g/mol. The van der Waals surface area contributed by atoms with Gasteiger partial charge in [0.05, 0.1) is 12.1 Å². The molecule has 0 aliphatic carbocycles. The highest BCUT2D eigenvalue weighted by Gasteiger charge is 2.30. The molecule has 162 valence electrons. The first-order valence-electron chi connectivity index (χ1n) is 10.6. The Bertz CT molecular complexity index is 1060. The van der Waals surface area contributed by atoms with Crippen LogP contribution in [-0.4, -0.2) is 63.1 Å². The van der Waals surface area contributed by atoms with Crippen molar-refractivity contribution in [3.63, 3.8) is 0 Å². The summed E-state index contributed by atoms with van der Waals surface area (Å²) in [7, 11) is 1.77. The Morgan fingerprint density at radius 2 is 2.00 bits per heavy atom. The zero-order valence-electron chi connectivity index (χ0n) is 17.4. The molecule has 2 aliphatic rings. The summed E-state index contributed by atoms with van der Waals surface area (Å²) in [5, 5.41) is 8.29. The van der Waals surface area contributed by atoms with Gasteiger partial charge in [-0.2, -0.15) is 10.1 Å². The van der Waals surface area contributed by atoms with Crippen molar-refractivity contribution >= 4 is 5.91 Å². The Balaban J connectivity index is 1.29. The highest BCUT2D eigenvalue weighted by Crippen LogP contribution is 2.33. The normalized spacial score (nSPS) is 19.6. The molecule has 9 heteroatoms. The summed E-state index contributed by atoms with van der Waals surface area (Å²) in [5.41, 5.74) is 1.34. The lowest BCUT2D eigenvalue weighted by atomic mass is 10.00. The minimum Gasteiger partial charge on any atom is -0.488 e. The van der Waals surface area contributed by atoms with E-state index in [9.17, 15) is 4.79 Å². The zero-order valence-corrected chi connectivity index (χ0v) is 17.4. The van der Waals surface area contributed by atoms with E-state index in [0.717, 1.165) is 43.9 Å². The van der Waals surface area contributed by atoms with Crippen LogP contribution in [-0.2, 0) is 11.8 Å². The molecule has 0 spiro atoms. The second kappa shape index (κ2) is 8.50. The summed E-state index contributed by atoms with van der Waals surface area (Å²) in [6, 6.07) is 9.40. The number of hydrogen-bond donors (Lipinski definition) is 0. The van der Waals surface area contributed by atoms with Gasteiger partial charge in [0.1, 0.15) is 17.5 Å². The molecule has 1 unspecified atom stereocenters. The fraction of sp³-hybridized carbons (Fsp3) is 0.455. The summed E-state index contributed by atoms with van der Waals surface area (Å²) < 4.78 is 18.9. The van der Waals surface area contributed by atoms with Crippen molar-refractivity contribution in [1.82, 2.24) is 24.8 Å². The van der Waals surface area contributed by atoms with Crippen LogP contribution in [0.4, 0.5) is 0 Å². The summed E-state index contributed by atoms with van der Waals surface area (Å²) >= 11 is 0. The molecule has 0 saturated carbocycles. The van der Waals surface area contributed by atoms with Crippen molar-refractivity contribution in [1.29, 1.82) is 0 Å². The molecule has 0 N–H and O–H groups in total. The number of ether oxygens (including phenoxy) is 2.